The molecule has 0 saturated carbocycles. The first-order chi connectivity index (χ1) is 8.99. The number of carbonyl (C=O) groups is 2. The molecule has 0 radical (unpaired) electrons. The lowest BCUT2D eigenvalue weighted by atomic mass is 10.0. The number of aliphatic carboxylic acids is 1. The first-order valence-corrected chi connectivity index (χ1v) is 6.16. The number of pyridine rings is 1. The molecule has 1 aromatic rings. The third-order valence-electron chi connectivity index (χ3n) is 2.47. The first-order valence-electron chi connectivity index (χ1n) is 6.16. The highest BCUT2D eigenvalue weighted by Gasteiger charge is 2.20. The van der Waals surface area contributed by atoms with Crippen LogP contribution in [0.5, 0.6) is 0 Å². The average molecular weight is 265 g/mol. The molecule has 3 N–H and O–H groups in total. The van der Waals surface area contributed by atoms with Crippen molar-refractivity contribution in [3.05, 3.63) is 30.1 Å². The molecule has 0 aliphatic carbocycles. The average Bonchev–Trinajstić information content (AvgIpc) is 2.36. The van der Waals surface area contributed by atoms with E-state index in [1.807, 2.05) is 19.9 Å². The fourth-order valence-corrected chi connectivity index (χ4v) is 1.58. The fourth-order valence-electron chi connectivity index (χ4n) is 1.58. The third kappa shape index (κ3) is 5.85. The molecule has 6 nitrogen and oxygen atoms in total. The zero-order valence-electron chi connectivity index (χ0n) is 11.1. The van der Waals surface area contributed by atoms with Crippen LogP contribution >= 0.6 is 0 Å². The van der Waals surface area contributed by atoms with Gasteiger partial charge in [0.2, 0.25) is 0 Å². The Labute approximate surface area is 112 Å². The number of aromatic nitrogens is 1. The van der Waals surface area contributed by atoms with Gasteiger partial charge in [0.15, 0.2) is 0 Å². The quantitative estimate of drug-likeness (QED) is 0.724. The molecule has 0 bridgehead atoms. The van der Waals surface area contributed by atoms with Gasteiger partial charge in [-0.25, -0.2) is 9.59 Å². The second-order valence-corrected chi connectivity index (χ2v) is 4.67. The molecule has 0 saturated heterocycles. The molecule has 0 aliphatic heterocycles. The van der Waals surface area contributed by atoms with E-state index in [2.05, 4.69) is 15.6 Å². The number of carboxylic acids is 1. The van der Waals surface area contributed by atoms with Crippen LogP contribution in [0.25, 0.3) is 0 Å². The van der Waals surface area contributed by atoms with Crippen LogP contribution in [0.2, 0.25) is 0 Å². The molecule has 1 rings (SSSR count). The van der Waals surface area contributed by atoms with Gasteiger partial charge in [0.25, 0.3) is 0 Å². The SMILES string of the molecule is CC(C)CC(NC(=O)NCc1ccccn1)C(=O)O. The van der Waals surface area contributed by atoms with Crippen LogP contribution in [-0.4, -0.2) is 28.1 Å². The molecule has 0 spiro atoms. The van der Waals surface area contributed by atoms with Gasteiger partial charge in [-0.2, -0.15) is 0 Å². The topological polar surface area (TPSA) is 91.3 Å². The number of nitrogens with zero attached hydrogens (tertiary/aromatic N) is 1. The highest BCUT2D eigenvalue weighted by atomic mass is 16.4. The normalized spacial score (nSPS) is 11.9. The Morgan fingerprint density at radius 2 is 2.11 bits per heavy atom. The summed E-state index contributed by atoms with van der Waals surface area (Å²) in [5, 5.41) is 14.0. The van der Waals surface area contributed by atoms with Crippen molar-refractivity contribution in [2.24, 2.45) is 5.92 Å². The van der Waals surface area contributed by atoms with Crippen LogP contribution in [-0.2, 0) is 11.3 Å². The minimum absolute atomic E-state index is 0.192. The van der Waals surface area contributed by atoms with Crippen molar-refractivity contribution in [2.45, 2.75) is 32.9 Å². The van der Waals surface area contributed by atoms with Crippen molar-refractivity contribution < 1.29 is 14.7 Å². The van der Waals surface area contributed by atoms with Crippen molar-refractivity contribution in [3.8, 4) is 0 Å². The molecule has 0 aromatic carbocycles. The van der Waals surface area contributed by atoms with Gasteiger partial charge in [-0.3, -0.25) is 4.98 Å². The lowest BCUT2D eigenvalue weighted by molar-refractivity contribution is -0.139. The van der Waals surface area contributed by atoms with Crippen molar-refractivity contribution >= 4 is 12.0 Å². The second-order valence-electron chi connectivity index (χ2n) is 4.67. The summed E-state index contributed by atoms with van der Waals surface area (Å²) in [5.41, 5.74) is 0.716. The van der Waals surface area contributed by atoms with Crippen LogP contribution < -0.4 is 10.6 Å². The molecule has 19 heavy (non-hydrogen) atoms. The number of hydrogen-bond donors (Lipinski definition) is 3. The molecule has 1 aromatic heterocycles. The van der Waals surface area contributed by atoms with E-state index in [0.717, 1.165) is 0 Å². The molecule has 1 heterocycles. The molecular weight excluding hydrogens is 246 g/mol. The lowest BCUT2D eigenvalue weighted by Crippen LogP contribution is -2.46. The fraction of sp³-hybridized carbons (Fsp3) is 0.462. The van der Waals surface area contributed by atoms with E-state index in [9.17, 15) is 9.59 Å². The summed E-state index contributed by atoms with van der Waals surface area (Å²) < 4.78 is 0. The lowest BCUT2D eigenvalue weighted by Gasteiger charge is -2.16. The number of hydrogen-bond acceptors (Lipinski definition) is 3. The van der Waals surface area contributed by atoms with Gasteiger partial charge >= 0.3 is 12.0 Å². The standard InChI is InChI=1S/C13H19N3O3/c1-9(2)7-11(12(17)18)16-13(19)15-8-10-5-3-4-6-14-10/h3-6,9,11H,7-8H2,1-2H3,(H,17,18)(H2,15,16,19). The summed E-state index contributed by atoms with van der Waals surface area (Å²) in [4.78, 5) is 26.6. The van der Waals surface area contributed by atoms with E-state index in [1.165, 1.54) is 0 Å². The van der Waals surface area contributed by atoms with E-state index < -0.39 is 18.0 Å². The predicted octanol–water partition coefficient (Wildman–Crippen LogP) is 1.38. The summed E-state index contributed by atoms with van der Waals surface area (Å²) in [5.74, 6) is -0.834. The van der Waals surface area contributed by atoms with Crippen LogP contribution in [0.1, 0.15) is 26.0 Å². The zero-order chi connectivity index (χ0) is 14.3. The highest BCUT2D eigenvalue weighted by Crippen LogP contribution is 2.04. The van der Waals surface area contributed by atoms with Gasteiger partial charge in [0.1, 0.15) is 6.04 Å². The predicted molar refractivity (Wildman–Crippen MR) is 70.5 cm³/mol. The Kier molecular flexibility index (Phi) is 5.78. The number of rotatable bonds is 6. The van der Waals surface area contributed by atoms with Gasteiger partial charge in [0, 0.05) is 6.20 Å². The maximum Gasteiger partial charge on any atom is 0.326 e. The summed E-state index contributed by atoms with van der Waals surface area (Å²) in [7, 11) is 0. The van der Waals surface area contributed by atoms with E-state index >= 15 is 0 Å². The van der Waals surface area contributed by atoms with Gasteiger partial charge < -0.3 is 15.7 Å². The van der Waals surface area contributed by atoms with E-state index in [-0.39, 0.29) is 12.5 Å². The van der Waals surface area contributed by atoms with Crippen LogP contribution in [0.4, 0.5) is 4.79 Å². The van der Waals surface area contributed by atoms with Crippen LogP contribution in [0.3, 0.4) is 0 Å². The molecule has 104 valence electrons. The molecule has 0 fully saturated rings. The van der Waals surface area contributed by atoms with Crippen molar-refractivity contribution in [2.75, 3.05) is 0 Å². The molecular formula is C13H19N3O3. The van der Waals surface area contributed by atoms with Gasteiger partial charge in [0.05, 0.1) is 12.2 Å². The highest BCUT2D eigenvalue weighted by molar-refractivity contribution is 5.82. The molecule has 0 aliphatic rings. The number of carboxylic acid groups (broad SMARTS) is 1. The Balaban J connectivity index is 2.42. The Morgan fingerprint density at radius 1 is 1.37 bits per heavy atom. The Bertz CT molecular complexity index is 420. The minimum atomic E-state index is -1.03. The zero-order valence-corrected chi connectivity index (χ0v) is 11.1. The number of amides is 2. The van der Waals surface area contributed by atoms with Crippen LogP contribution in [0.15, 0.2) is 24.4 Å². The second kappa shape index (κ2) is 7.35. The number of nitrogens with one attached hydrogen (secondary N) is 2. The maximum absolute atomic E-state index is 11.6. The van der Waals surface area contributed by atoms with Gasteiger partial charge in [-0.1, -0.05) is 19.9 Å². The van der Waals surface area contributed by atoms with Crippen molar-refractivity contribution in [1.82, 2.24) is 15.6 Å². The van der Waals surface area contributed by atoms with Crippen molar-refractivity contribution in [1.29, 1.82) is 0 Å². The monoisotopic (exact) mass is 265 g/mol. The summed E-state index contributed by atoms with van der Waals surface area (Å²) in [6.45, 7) is 4.08. The Hall–Kier alpha value is -2.11. The smallest absolute Gasteiger partial charge is 0.326 e. The van der Waals surface area contributed by atoms with Gasteiger partial charge in [-0.15, -0.1) is 0 Å². The third-order valence-corrected chi connectivity index (χ3v) is 2.47. The minimum Gasteiger partial charge on any atom is -0.480 e. The first kappa shape index (κ1) is 14.9. The summed E-state index contributed by atoms with van der Waals surface area (Å²) in [6, 6.07) is 4.01. The van der Waals surface area contributed by atoms with Crippen LogP contribution in [0, 0.1) is 5.92 Å². The molecule has 1 atom stereocenters. The Morgan fingerprint density at radius 3 is 2.63 bits per heavy atom. The van der Waals surface area contributed by atoms with E-state index in [0.29, 0.717) is 12.1 Å². The number of urea groups is 1. The summed E-state index contributed by atoms with van der Waals surface area (Å²) in [6.07, 6.45) is 2.03. The van der Waals surface area contributed by atoms with Gasteiger partial charge in [-0.05, 0) is 24.5 Å². The largest absolute Gasteiger partial charge is 0.480 e. The summed E-state index contributed by atoms with van der Waals surface area (Å²) >= 11 is 0. The van der Waals surface area contributed by atoms with Crippen molar-refractivity contribution in [3.63, 3.8) is 0 Å². The molecule has 2 amide bonds. The molecule has 1 unspecified atom stereocenters. The number of carbonyl (C=O) groups excluding carboxylic acids is 1. The van der Waals surface area contributed by atoms with E-state index in [4.69, 9.17) is 5.11 Å². The molecule has 6 heteroatoms. The maximum atomic E-state index is 11.6. The van der Waals surface area contributed by atoms with E-state index in [1.54, 1.807) is 18.3 Å².